The van der Waals surface area contributed by atoms with Gasteiger partial charge >= 0.3 is 6.03 Å². The van der Waals surface area contributed by atoms with Crippen LogP contribution < -0.4 is 5.32 Å². The summed E-state index contributed by atoms with van der Waals surface area (Å²) in [7, 11) is 1.92. The van der Waals surface area contributed by atoms with Crippen LogP contribution in [-0.4, -0.2) is 33.6 Å². The van der Waals surface area contributed by atoms with Crippen molar-refractivity contribution in [1.82, 2.24) is 19.8 Å². The van der Waals surface area contributed by atoms with Crippen molar-refractivity contribution in [2.24, 2.45) is 0 Å². The summed E-state index contributed by atoms with van der Waals surface area (Å²) >= 11 is 0. The Balaban J connectivity index is 1.53. The number of rotatable bonds is 5. The van der Waals surface area contributed by atoms with Gasteiger partial charge in [0.2, 0.25) is 0 Å². The van der Waals surface area contributed by atoms with Gasteiger partial charge in [-0.3, -0.25) is 0 Å². The highest BCUT2D eigenvalue weighted by Gasteiger charge is 2.21. The second kappa shape index (κ2) is 7.99. The van der Waals surface area contributed by atoms with Crippen molar-refractivity contribution in [3.05, 3.63) is 54.1 Å². The van der Waals surface area contributed by atoms with Crippen LogP contribution in [0.4, 0.5) is 4.79 Å². The van der Waals surface area contributed by atoms with Gasteiger partial charge in [-0.15, -0.1) is 0 Å². The monoisotopic (exact) mass is 326 g/mol. The molecule has 1 aromatic carbocycles. The molecule has 0 aliphatic heterocycles. The molecule has 24 heavy (non-hydrogen) atoms. The molecule has 0 atom stereocenters. The second-order valence-corrected chi connectivity index (χ2v) is 6.62. The summed E-state index contributed by atoms with van der Waals surface area (Å²) in [4.78, 5) is 18.3. The number of nitrogens with one attached hydrogen (secondary N) is 1. The standard InChI is InChI=1S/C19H26N4O/c1-22(18-8-3-2-4-9-18)19(24)21-13-16-6-5-7-17(12-16)14-23-11-10-20-15-23/h5-7,10-12,15,18H,2-4,8-9,13-14H2,1H3,(H,21,24). The van der Waals surface area contributed by atoms with Crippen molar-refractivity contribution >= 4 is 6.03 Å². The van der Waals surface area contributed by atoms with E-state index < -0.39 is 0 Å². The van der Waals surface area contributed by atoms with E-state index in [4.69, 9.17) is 0 Å². The van der Waals surface area contributed by atoms with Crippen molar-refractivity contribution < 1.29 is 4.79 Å². The highest BCUT2D eigenvalue weighted by atomic mass is 16.2. The molecule has 5 nitrogen and oxygen atoms in total. The number of urea groups is 1. The Morgan fingerprint density at radius 1 is 1.29 bits per heavy atom. The zero-order valence-corrected chi connectivity index (χ0v) is 14.3. The fourth-order valence-corrected chi connectivity index (χ4v) is 3.37. The first-order chi connectivity index (χ1) is 11.7. The molecule has 0 spiro atoms. The van der Waals surface area contributed by atoms with Crippen molar-refractivity contribution in [2.75, 3.05) is 7.05 Å². The van der Waals surface area contributed by atoms with Crippen molar-refractivity contribution in [3.8, 4) is 0 Å². The molecule has 1 heterocycles. The molecule has 2 aromatic rings. The third-order valence-corrected chi connectivity index (χ3v) is 4.80. The fourth-order valence-electron chi connectivity index (χ4n) is 3.37. The van der Waals surface area contributed by atoms with Gasteiger partial charge < -0.3 is 14.8 Å². The summed E-state index contributed by atoms with van der Waals surface area (Å²) in [6.45, 7) is 1.36. The lowest BCUT2D eigenvalue weighted by atomic mass is 9.95. The van der Waals surface area contributed by atoms with E-state index in [9.17, 15) is 4.79 Å². The zero-order valence-electron chi connectivity index (χ0n) is 14.3. The van der Waals surface area contributed by atoms with Gasteiger partial charge in [0.1, 0.15) is 0 Å². The molecule has 2 amide bonds. The van der Waals surface area contributed by atoms with Crippen LogP contribution in [-0.2, 0) is 13.1 Å². The SMILES string of the molecule is CN(C(=O)NCc1cccc(Cn2ccnc2)c1)C1CCCCC1. The van der Waals surface area contributed by atoms with Gasteiger partial charge in [0.25, 0.3) is 0 Å². The lowest BCUT2D eigenvalue weighted by Gasteiger charge is -2.31. The third-order valence-electron chi connectivity index (χ3n) is 4.80. The van der Waals surface area contributed by atoms with Gasteiger partial charge in [0.05, 0.1) is 6.33 Å². The van der Waals surface area contributed by atoms with Crippen LogP contribution in [0.25, 0.3) is 0 Å². The number of amides is 2. The molecule has 5 heteroatoms. The predicted molar refractivity (Wildman–Crippen MR) is 94.6 cm³/mol. The maximum atomic E-state index is 12.4. The molecule has 128 valence electrons. The second-order valence-electron chi connectivity index (χ2n) is 6.62. The number of hydrogen-bond acceptors (Lipinski definition) is 2. The van der Waals surface area contributed by atoms with E-state index in [1.807, 2.05) is 35.1 Å². The van der Waals surface area contributed by atoms with E-state index in [0.29, 0.717) is 12.6 Å². The number of hydrogen-bond donors (Lipinski definition) is 1. The highest BCUT2D eigenvalue weighted by molar-refractivity contribution is 5.74. The minimum Gasteiger partial charge on any atom is -0.334 e. The summed E-state index contributed by atoms with van der Waals surface area (Å²) in [5.74, 6) is 0. The molecule has 0 radical (unpaired) electrons. The quantitative estimate of drug-likeness (QED) is 0.915. The first kappa shape index (κ1) is 16.6. The van der Waals surface area contributed by atoms with E-state index in [2.05, 4.69) is 28.5 Å². The van der Waals surface area contributed by atoms with Crippen LogP contribution in [0.1, 0.15) is 43.2 Å². The minimum absolute atomic E-state index is 0.0295. The number of aromatic nitrogens is 2. The first-order valence-electron chi connectivity index (χ1n) is 8.76. The van der Waals surface area contributed by atoms with E-state index in [-0.39, 0.29) is 6.03 Å². The van der Waals surface area contributed by atoms with Gasteiger partial charge in [-0.1, -0.05) is 43.5 Å². The summed E-state index contributed by atoms with van der Waals surface area (Å²) in [5, 5.41) is 3.05. The van der Waals surface area contributed by atoms with Crippen molar-refractivity contribution in [2.45, 2.75) is 51.2 Å². The van der Waals surface area contributed by atoms with E-state index >= 15 is 0 Å². The van der Waals surface area contributed by atoms with Crippen molar-refractivity contribution in [3.63, 3.8) is 0 Å². The number of benzene rings is 1. The Bertz CT molecular complexity index is 647. The normalized spacial score (nSPS) is 15.2. The average Bonchev–Trinajstić information content (AvgIpc) is 3.13. The highest BCUT2D eigenvalue weighted by Crippen LogP contribution is 2.21. The maximum Gasteiger partial charge on any atom is 0.317 e. The molecule has 0 saturated heterocycles. The Morgan fingerprint density at radius 2 is 2.08 bits per heavy atom. The predicted octanol–water partition coefficient (Wildman–Crippen LogP) is 3.41. The third kappa shape index (κ3) is 4.37. The molecule has 3 rings (SSSR count). The largest absolute Gasteiger partial charge is 0.334 e. The fraction of sp³-hybridized carbons (Fsp3) is 0.474. The molecular weight excluding hydrogens is 300 g/mol. The van der Waals surface area contributed by atoms with Crippen LogP contribution in [0.5, 0.6) is 0 Å². The van der Waals surface area contributed by atoms with Gasteiger partial charge in [0.15, 0.2) is 0 Å². The lowest BCUT2D eigenvalue weighted by molar-refractivity contribution is 0.173. The van der Waals surface area contributed by atoms with Crippen LogP contribution in [0.15, 0.2) is 43.0 Å². The number of nitrogens with zero attached hydrogens (tertiary/aromatic N) is 3. The van der Waals surface area contributed by atoms with Gasteiger partial charge in [-0.2, -0.15) is 0 Å². The first-order valence-corrected chi connectivity index (χ1v) is 8.76. The summed E-state index contributed by atoms with van der Waals surface area (Å²) < 4.78 is 2.04. The summed E-state index contributed by atoms with van der Waals surface area (Å²) in [5.41, 5.74) is 2.33. The molecule has 1 aromatic heterocycles. The Morgan fingerprint density at radius 3 is 2.83 bits per heavy atom. The van der Waals surface area contributed by atoms with Gasteiger partial charge in [-0.05, 0) is 24.0 Å². The Kier molecular flexibility index (Phi) is 5.51. The van der Waals surface area contributed by atoms with Gasteiger partial charge in [-0.25, -0.2) is 9.78 Å². The molecule has 1 N–H and O–H groups in total. The lowest BCUT2D eigenvalue weighted by Crippen LogP contribution is -2.44. The number of imidazole rings is 1. The zero-order chi connectivity index (χ0) is 16.8. The van der Waals surface area contributed by atoms with E-state index in [1.165, 1.54) is 24.8 Å². The topological polar surface area (TPSA) is 50.2 Å². The minimum atomic E-state index is 0.0295. The van der Waals surface area contributed by atoms with Crippen LogP contribution in [0, 0.1) is 0 Å². The molecule has 1 aliphatic rings. The number of carbonyl (C=O) groups excluding carboxylic acids is 1. The molecule has 1 aliphatic carbocycles. The number of carbonyl (C=O) groups is 1. The van der Waals surface area contributed by atoms with Crippen molar-refractivity contribution in [1.29, 1.82) is 0 Å². The Labute approximate surface area is 143 Å². The average molecular weight is 326 g/mol. The van der Waals surface area contributed by atoms with Crippen LogP contribution >= 0.6 is 0 Å². The Hall–Kier alpha value is -2.30. The van der Waals surface area contributed by atoms with E-state index in [0.717, 1.165) is 24.9 Å². The molecular formula is C19H26N4O. The van der Waals surface area contributed by atoms with Gasteiger partial charge in [0, 0.05) is 38.6 Å². The van der Waals surface area contributed by atoms with Crippen LogP contribution in [0.2, 0.25) is 0 Å². The summed E-state index contributed by atoms with van der Waals surface area (Å²) in [6, 6.07) is 8.75. The van der Waals surface area contributed by atoms with E-state index in [1.54, 1.807) is 6.20 Å². The smallest absolute Gasteiger partial charge is 0.317 e. The maximum absolute atomic E-state index is 12.4. The molecule has 0 bridgehead atoms. The molecule has 1 fully saturated rings. The molecule has 1 saturated carbocycles. The summed E-state index contributed by atoms with van der Waals surface area (Å²) in [6.07, 6.45) is 11.6. The molecule has 0 unspecified atom stereocenters. The van der Waals surface area contributed by atoms with Crippen LogP contribution in [0.3, 0.4) is 0 Å².